The molecule has 104 valence electrons. The minimum Gasteiger partial charge on any atom is -0.330 e. The van der Waals surface area contributed by atoms with Gasteiger partial charge in [-0.3, -0.25) is 14.9 Å². The SMILES string of the molecule is CC(CN)CCC(=O)Nc1c(F)cccc1[N+](=O)[O-]. The highest BCUT2D eigenvalue weighted by Crippen LogP contribution is 2.27. The number of halogens is 1. The number of nitrogens with two attached hydrogens (primary N) is 1. The van der Waals surface area contributed by atoms with Crippen molar-refractivity contribution in [1.29, 1.82) is 0 Å². The Balaban J connectivity index is 2.76. The van der Waals surface area contributed by atoms with Crippen LogP contribution in [0.5, 0.6) is 0 Å². The maximum atomic E-state index is 13.5. The van der Waals surface area contributed by atoms with Gasteiger partial charge in [0.2, 0.25) is 5.91 Å². The lowest BCUT2D eigenvalue weighted by Crippen LogP contribution is -2.17. The minimum absolute atomic E-state index is 0.143. The van der Waals surface area contributed by atoms with Gasteiger partial charge in [0.05, 0.1) is 4.92 Å². The van der Waals surface area contributed by atoms with Gasteiger partial charge in [0.15, 0.2) is 11.5 Å². The molecule has 1 rings (SSSR count). The van der Waals surface area contributed by atoms with Crippen LogP contribution in [0.1, 0.15) is 19.8 Å². The molecule has 0 fully saturated rings. The first-order valence-electron chi connectivity index (χ1n) is 5.88. The highest BCUT2D eigenvalue weighted by atomic mass is 19.1. The van der Waals surface area contributed by atoms with Crippen molar-refractivity contribution < 1.29 is 14.1 Å². The summed E-state index contributed by atoms with van der Waals surface area (Å²) in [5.41, 5.74) is 4.57. The fraction of sp³-hybridized carbons (Fsp3) is 0.417. The van der Waals surface area contributed by atoms with Gasteiger partial charge in [0.25, 0.3) is 5.69 Å². The zero-order valence-corrected chi connectivity index (χ0v) is 10.6. The number of anilines is 1. The van der Waals surface area contributed by atoms with Gasteiger partial charge in [-0.15, -0.1) is 0 Å². The number of nitrogens with one attached hydrogen (secondary N) is 1. The van der Waals surface area contributed by atoms with Crippen LogP contribution in [0.25, 0.3) is 0 Å². The number of benzene rings is 1. The number of carbonyl (C=O) groups is 1. The number of hydrogen-bond acceptors (Lipinski definition) is 4. The maximum Gasteiger partial charge on any atom is 0.295 e. The molecule has 0 heterocycles. The van der Waals surface area contributed by atoms with Crippen molar-refractivity contribution in [3.05, 3.63) is 34.1 Å². The van der Waals surface area contributed by atoms with E-state index < -0.39 is 28.0 Å². The molecule has 0 saturated carbocycles. The quantitative estimate of drug-likeness (QED) is 0.610. The second-order valence-electron chi connectivity index (χ2n) is 4.32. The fourth-order valence-electron chi connectivity index (χ4n) is 1.49. The van der Waals surface area contributed by atoms with Gasteiger partial charge in [-0.1, -0.05) is 13.0 Å². The molecule has 1 aromatic rings. The lowest BCUT2D eigenvalue weighted by molar-refractivity contribution is -0.384. The smallest absolute Gasteiger partial charge is 0.295 e. The summed E-state index contributed by atoms with van der Waals surface area (Å²) in [7, 11) is 0. The Morgan fingerprint density at radius 3 is 2.84 bits per heavy atom. The summed E-state index contributed by atoms with van der Waals surface area (Å²) in [5.74, 6) is -1.12. The Kier molecular flexibility index (Phi) is 5.37. The Hall–Kier alpha value is -2.02. The molecule has 0 saturated heterocycles. The third kappa shape index (κ3) is 4.29. The molecule has 3 N–H and O–H groups in total. The van der Waals surface area contributed by atoms with E-state index in [4.69, 9.17) is 5.73 Å². The fourth-order valence-corrected chi connectivity index (χ4v) is 1.49. The van der Waals surface area contributed by atoms with Crippen LogP contribution in [0, 0.1) is 21.8 Å². The van der Waals surface area contributed by atoms with Crippen molar-refractivity contribution in [2.24, 2.45) is 11.7 Å². The molecule has 19 heavy (non-hydrogen) atoms. The van der Waals surface area contributed by atoms with E-state index >= 15 is 0 Å². The Bertz CT molecular complexity index is 479. The van der Waals surface area contributed by atoms with Crippen LogP contribution in [-0.2, 0) is 4.79 Å². The van der Waals surface area contributed by atoms with Crippen molar-refractivity contribution in [2.45, 2.75) is 19.8 Å². The summed E-state index contributed by atoms with van der Waals surface area (Å²) >= 11 is 0. The molecule has 1 amide bonds. The molecule has 0 spiro atoms. The normalized spacial score (nSPS) is 11.9. The minimum atomic E-state index is -0.825. The molecular formula is C12H16FN3O3. The number of nitro benzene ring substituents is 1. The second kappa shape index (κ2) is 6.79. The number of para-hydroxylation sites is 1. The molecule has 0 aromatic heterocycles. The summed E-state index contributed by atoms with van der Waals surface area (Å²) < 4.78 is 13.5. The van der Waals surface area contributed by atoms with Gasteiger partial charge >= 0.3 is 0 Å². The van der Waals surface area contributed by atoms with Crippen LogP contribution < -0.4 is 11.1 Å². The first-order valence-corrected chi connectivity index (χ1v) is 5.88. The first-order chi connectivity index (χ1) is 8.95. The van der Waals surface area contributed by atoms with E-state index in [0.29, 0.717) is 13.0 Å². The summed E-state index contributed by atoms with van der Waals surface area (Å²) in [6.45, 7) is 2.34. The van der Waals surface area contributed by atoms with E-state index in [9.17, 15) is 19.3 Å². The monoisotopic (exact) mass is 269 g/mol. The summed E-state index contributed by atoms with van der Waals surface area (Å²) in [6, 6.07) is 3.42. The summed E-state index contributed by atoms with van der Waals surface area (Å²) in [4.78, 5) is 21.6. The summed E-state index contributed by atoms with van der Waals surface area (Å²) in [6.07, 6.45) is 0.689. The number of nitrogens with zero attached hydrogens (tertiary/aromatic N) is 1. The molecule has 0 aliphatic rings. The Morgan fingerprint density at radius 2 is 2.26 bits per heavy atom. The highest BCUT2D eigenvalue weighted by Gasteiger charge is 2.19. The van der Waals surface area contributed by atoms with Crippen LogP contribution in [0.15, 0.2) is 18.2 Å². The van der Waals surface area contributed by atoms with Crippen molar-refractivity contribution in [1.82, 2.24) is 0 Å². The van der Waals surface area contributed by atoms with Gasteiger partial charge < -0.3 is 11.1 Å². The van der Waals surface area contributed by atoms with E-state index in [2.05, 4.69) is 5.32 Å². The highest BCUT2D eigenvalue weighted by molar-refractivity contribution is 5.93. The molecule has 0 aliphatic carbocycles. The van der Waals surface area contributed by atoms with Crippen LogP contribution >= 0.6 is 0 Å². The van der Waals surface area contributed by atoms with Gasteiger partial charge in [-0.05, 0) is 24.9 Å². The van der Waals surface area contributed by atoms with Gasteiger partial charge in [-0.25, -0.2) is 4.39 Å². The molecule has 1 unspecified atom stereocenters. The van der Waals surface area contributed by atoms with Gasteiger partial charge in [0, 0.05) is 12.5 Å². The van der Waals surface area contributed by atoms with E-state index in [1.807, 2.05) is 6.92 Å². The standard InChI is InChI=1S/C12H16FN3O3/c1-8(7-14)5-6-11(17)15-12-9(13)3-2-4-10(12)16(18)19/h2-4,8H,5-7,14H2,1H3,(H,15,17). The number of hydrogen-bond donors (Lipinski definition) is 2. The van der Waals surface area contributed by atoms with Crippen molar-refractivity contribution in [3.8, 4) is 0 Å². The van der Waals surface area contributed by atoms with Crippen molar-refractivity contribution >= 4 is 17.3 Å². The maximum absolute atomic E-state index is 13.5. The third-order valence-electron chi connectivity index (χ3n) is 2.72. The predicted molar refractivity (Wildman–Crippen MR) is 69.1 cm³/mol. The zero-order chi connectivity index (χ0) is 14.4. The van der Waals surface area contributed by atoms with E-state index in [1.54, 1.807) is 0 Å². The molecule has 7 heteroatoms. The lowest BCUT2D eigenvalue weighted by Gasteiger charge is -2.09. The molecule has 1 atom stereocenters. The largest absolute Gasteiger partial charge is 0.330 e. The number of rotatable bonds is 6. The predicted octanol–water partition coefficient (Wildman–Crippen LogP) is 2.05. The van der Waals surface area contributed by atoms with E-state index in [-0.39, 0.29) is 12.3 Å². The lowest BCUT2D eigenvalue weighted by atomic mass is 10.1. The molecule has 0 bridgehead atoms. The second-order valence-corrected chi connectivity index (χ2v) is 4.32. The van der Waals surface area contributed by atoms with Crippen LogP contribution in [0.3, 0.4) is 0 Å². The number of nitro groups is 1. The first kappa shape index (κ1) is 15.0. The van der Waals surface area contributed by atoms with Crippen LogP contribution in [0.2, 0.25) is 0 Å². The van der Waals surface area contributed by atoms with Crippen LogP contribution in [0.4, 0.5) is 15.8 Å². The average molecular weight is 269 g/mol. The Labute approximate surface area is 109 Å². The topological polar surface area (TPSA) is 98.3 Å². The molecule has 0 radical (unpaired) electrons. The third-order valence-corrected chi connectivity index (χ3v) is 2.72. The van der Waals surface area contributed by atoms with E-state index in [1.165, 1.54) is 6.07 Å². The molecule has 0 aliphatic heterocycles. The van der Waals surface area contributed by atoms with Crippen LogP contribution in [-0.4, -0.2) is 17.4 Å². The van der Waals surface area contributed by atoms with Crippen molar-refractivity contribution in [2.75, 3.05) is 11.9 Å². The molecular weight excluding hydrogens is 253 g/mol. The van der Waals surface area contributed by atoms with E-state index in [0.717, 1.165) is 12.1 Å². The Morgan fingerprint density at radius 1 is 1.58 bits per heavy atom. The average Bonchev–Trinajstić information content (AvgIpc) is 2.38. The van der Waals surface area contributed by atoms with Gasteiger partial charge in [-0.2, -0.15) is 0 Å². The molecule has 6 nitrogen and oxygen atoms in total. The van der Waals surface area contributed by atoms with Gasteiger partial charge in [0.1, 0.15) is 0 Å². The molecule has 1 aromatic carbocycles. The zero-order valence-electron chi connectivity index (χ0n) is 10.6. The number of amides is 1. The number of carbonyl (C=O) groups excluding carboxylic acids is 1. The summed E-state index contributed by atoms with van der Waals surface area (Å²) in [5, 5.41) is 13.0. The van der Waals surface area contributed by atoms with Crippen molar-refractivity contribution in [3.63, 3.8) is 0 Å².